The SMILES string of the molecule is CC(=O)SCC#Cc1cc(C)c(N)c(C)c1. The van der Waals surface area contributed by atoms with Gasteiger partial charge in [0, 0.05) is 18.2 Å². The van der Waals surface area contributed by atoms with Crippen molar-refractivity contribution in [2.24, 2.45) is 0 Å². The molecular weight excluding hydrogens is 218 g/mol. The zero-order chi connectivity index (χ0) is 12.1. The van der Waals surface area contributed by atoms with E-state index in [0.717, 1.165) is 22.4 Å². The van der Waals surface area contributed by atoms with E-state index in [0.29, 0.717) is 5.75 Å². The fourth-order valence-corrected chi connectivity index (χ4v) is 1.67. The Balaban J connectivity index is 2.78. The second-order valence-electron chi connectivity index (χ2n) is 3.61. The van der Waals surface area contributed by atoms with Crippen LogP contribution in [-0.4, -0.2) is 10.9 Å². The lowest BCUT2D eigenvalue weighted by molar-refractivity contribution is -0.109. The number of benzene rings is 1. The Labute approximate surface area is 101 Å². The van der Waals surface area contributed by atoms with Crippen molar-refractivity contribution < 1.29 is 4.79 Å². The molecule has 84 valence electrons. The molecule has 0 fully saturated rings. The summed E-state index contributed by atoms with van der Waals surface area (Å²) < 4.78 is 0. The lowest BCUT2D eigenvalue weighted by Gasteiger charge is -2.04. The van der Waals surface area contributed by atoms with Gasteiger partial charge in [-0.25, -0.2) is 0 Å². The van der Waals surface area contributed by atoms with E-state index in [-0.39, 0.29) is 5.12 Å². The van der Waals surface area contributed by atoms with E-state index in [1.54, 1.807) is 6.92 Å². The number of nitrogen functional groups attached to an aromatic ring is 1. The minimum Gasteiger partial charge on any atom is -0.398 e. The Morgan fingerprint density at radius 3 is 2.44 bits per heavy atom. The van der Waals surface area contributed by atoms with E-state index >= 15 is 0 Å². The highest BCUT2D eigenvalue weighted by atomic mass is 32.2. The van der Waals surface area contributed by atoms with Crippen molar-refractivity contribution in [3.8, 4) is 11.8 Å². The van der Waals surface area contributed by atoms with Gasteiger partial charge in [0.15, 0.2) is 5.12 Å². The van der Waals surface area contributed by atoms with E-state index < -0.39 is 0 Å². The predicted octanol–water partition coefficient (Wildman–Crippen LogP) is 2.52. The number of carbonyl (C=O) groups excluding carboxylic acids is 1. The first-order valence-corrected chi connectivity index (χ1v) is 5.98. The van der Waals surface area contributed by atoms with Gasteiger partial charge in [-0.3, -0.25) is 4.79 Å². The Morgan fingerprint density at radius 2 is 1.94 bits per heavy atom. The summed E-state index contributed by atoms with van der Waals surface area (Å²) >= 11 is 1.22. The van der Waals surface area contributed by atoms with Gasteiger partial charge in [-0.05, 0) is 37.1 Å². The fraction of sp³-hybridized carbons (Fsp3) is 0.308. The molecule has 0 heterocycles. The van der Waals surface area contributed by atoms with E-state index in [4.69, 9.17) is 5.73 Å². The number of aryl methyl sites for hydroxylation is 2. The van der Waals surface area contributed by atoms with Crippen molar-refractivity contribution in [1.29, 1.82) is 0 Å². The van der Waals surface area contributed by atoms with Crippen LogP contribution in [0.2, 0.25) is 0 Å². The first-order chi connectivity index (χ1) is 7.50. The fourth-order valence-electron chi connectivity index (χ4n) is 1.32. The van der Waals surface area contributed by atoms with Crippen molar-refractivity contribution in [1.82, 2.24) is 0 Å². The molecule has 0 saturated carbocycles. The number of nitrogens with two attached hydrogens (primary N) is 1. The Hall–Kier alpha value is -1.40. The van der Waals surface area contributed by atoms with Gasteiger partial charge in [0.2, 0.25) is 0 Å². The monoisotopic (exact) mass is 233 g/mol. The molecule has 2 nitrogen and oxygen atoms in total. The lowest BCUT2D eigenvalue weighted by Crippen LogP contribution is -1.94. The molecule has 0 aliphatic carbocycles. The number of thioether (sulfide) groups is 1. The van der Waals surface area contributed by atoms with Gasteiger partial charge in [0.1, 0.15) is 0 Å². The normalized spacial score (nSPS) is 9.44. The number of anilines is 1. The largest absolute Gasteiger partial charge is 0.398 e. The molecule has 16 heavy (non-hydrogen) atoms. The Bertz CT molecular complexity index is 446. The van der Waals surface area contributed by atoms with Crippen LogP contribution in [0.5, 0.6) is 0 Å². The number of carbonyl (C=O) groups is 1. The minimum absolute atomic E-state index is 0.0963. The van der Waals surface area contributed by atoms with Gasteiger partial charge in [-0.2, -0.15) is 0 Å². The summed E-state index contributed by atoms with van der Waals surface area (Å²) in [6.07, 6.45) is 0. The van der Waals surface area contributed by atoms with Crippen LogP contribution in [-0.2, 0) is 4.79 Å². The summed E-state index contributed by atoms with van der Waals surface area (Å²) in [4.78, 5) is 10.7. The average Bonchev–Trinajstić information content (AvgIpc) is 2.20. The summed E-state index contributed by atoms with van der Waals surface area (Å²) in [6.45, 7) is 5.49. The van der Waals surface area contributed by atoms with Crippen molar-refractivity contribution in [3.63, 3.8) is 0 Å². The van der Waals surface area contributed by atoms with Gasteiger partial charge in [-0.15, -0.1) is 0 Å². The Kier molecular flexibility index (Phi) is 4.45. The zero-order valence-corrected chi connectivity index (χ0v) is 10.6. The third kappa shape index (κ3) is 3.63. The van der Waals surface area contributed by atoms with Crippen molar-refractivity contribution in [2.45, 2.75) is 20.8 Å². The van der Waals surface area contributed by atoms with E-state index in [2.05, 4.69) is 11.8 Å². The topological polar surface area (TPSA) is 43.1 Å². The van der Waals surface area contributed by atoms with Crippen molar-refractivity contribution in [3.05, 3.63) is 28.8 Å². The molecule has 1 aromatic rings. The molecule has 0 unspecified atom stereocenters. The third-order valence-electron chi connectivity index (χ3n) is 2.17. The van der Waals surface area contributed by atoms with Crippen LogP contribution in [0.3, 0.4) is 0 Å². The van der Waals surface area contributed by atoms with E-state index in [1.807, 2.05) is 26.0 Å². The number of rotatable bonds is 1. The van der Waals surface area contributed by atoms with Gasteiger partial charge in [0.05, 0.1) is 5.75 Å². The van der Waals surface area contributed by atoms with Crippen LogP contribution in [0.1, 0.15) is 23.6 Å². The molecule has 0 bridgehead atoms. The molecule has 1 rings (SSSR count). The molecule has 0 atom stereocenters. The van der Waals surface area contributed by atoms with Crippen LogP contribution in [0.15, 0.2) is 12.1 Å². The average molecular weight is 233 g/mol. The first kappa shape index (κ1) is 12.7. The second-order valence-corrected chi connectivity index (χ2v) is 4.76. The van der Waals surface area contributed by atoms with Crippen LogP contribution in [0.25, 0.3) is 0 Å². The molecule has 3 heteroatoms. The molecular formula is C13H15NOS. The summed E-state index contributed by atoms with van der Waals surface area (Å²) in [5.41, 5.74) is 9.71. The molecule has 0 saturated heterocycles. The molecule has 0 aliphatic heterocycles. The number of hydrogen-bond donors (Lipinski definition) is 1. The molecule has 1 aromatic carbocycles. The van der Waals surface area contributed by atoms with E-state index in [1.165, 1.54) is 11.8 Å². The van der Waals surface area contributed by atoms with Gasteiger partial charge < -0.3 is 5.73 Å². The van der Waals surface area contributed by atoms with Crippen molar-refractivity contribution >= 4 is 22.6 Å². The highest BCUT2D eigenvalue weighted by Gasteiger charge is 1.99. The molecule has 0 aliphatic rings. The van der Waals surface area contributed by atoms with Gasteiger partial charge in [-0.1, -0.05) is 23.6 Å². The molecule has 0 spiro atoms. The second kappa shape index (κ2) is 5.62. The smallest absolute Gasteiger partial charge is 0.186 e. The maximum atomic E-state index is 10.7. The maximum absolute atomic E-state index is 10.7. The quantitative estimate of drug-likeness (QED) is 0.598. The van der Waals surface area contributed by atoms with Crippen LogP contribution >= 0.6 is 11.8 Å². The standard InChI is InChI=1S/C13H15NOS/c1-9-7-12(8-10(2)13(9)14)5-4-6-16-11(3)15/h7-8H,6,14H2,1-3H3. The van der Waals surface area contributed by atoms with Crippen LogP contribution < -0.4 is 5.73 Å². The van der Waals surface area contributed by atoms with Crippen molar-refractivity contribution in [2.75, 3.05) is 11.5 Å². The summed E-state index contributed by atoms with van der Waals surface area (Å²) in [7, 11) is 0. The Morgan fingerprint density at radius 1 is 1.38 bits per heavy atom. The highest BCUT2D eigenvalue weighted by molar-refractivity contribution is 8.13. The first-order valence-electron chi connectivity index (χ1n) is 4.99. The molecule has 0 radical (unpaired) electrons. The minimum atomic E-state index is 0.0963. The van der Waals surface area contributed by atoms with Crippen LogP contribution in [0.4, 0.5) is 5.69 Å². The van der Waals surface area contributed by atoms with Gasteiger partial charge >= 0.3 is 0 Å². The highest BCUT2D eigenvalue weighted by Crippen LogP contribution is 2.17. The molecule has 0 amide bonds. The number of hydrogen-bond acceptors (Lipinski definition) is 3. The molecule has 2 N–H and O–H groups in total. The third-order valence-corrected chi connectivity index (χ3v) is 2.87. The molecule has 0 aromatic heterocycles. The predicted molar refractivity (Wildman–Crippen MR) is 70.3 cm³/mol. The van der Waals surface area contributed by atoms with Gasteiger partial charge in [0.25, 0.3) is 0 Å². The maximum Gasteiger partial charge on any atom is 0.186 e. The zero-order valence-electron chi connectivity index (χ0n) is 9.76. The van der Waals surface area contributed by atoms with E-state index in [9.17, 15) is 4.79 Å². The summed E-state index contributed by atoms with van der Waals surface area (Å²) in [5.74, 6) is 6.53. The summed E-state index contributed by atoms with van der Waals surface area (Å²) in [6, 6.07) is 3.93. The van der Waals surface area contributed by atoms with Crippen LogP contribution in [0, 0.1) is 25.7 Å². The summed E-state index contributed by atoms with van der Waals surface area (Å²) in [5, 5.41) is 0.0963. The lowest BCUT2D eigenvalue weighted by atomic mass is 10.1.